The minimum atomic E-state index is -1.66. The van der Waals surface area contributed by atoms with Gasteiger partial charge >= 0.3 is 29.8 Å². The van der Waals surface area contributed by atoms with Crippen LogP contribution in [0.2, 0.25) is 0 Å². The fourth-order valence-corrected chi connectivity index (χ4v) is 7.73. The number of fused-ring (bicyclic) bond motifs is 4. The largest absolute Gasteiger partial charge is 0.460 e. The number of rotatable bonds is 15. The van der Waals surface area contributed by atoms with Crippen LogP contribution in [0.3, 0.4) is 0 Å². The first-order valence-electron chi connectivity index (χ1n) is 18.4. The summed E-state index contributed by atoms with van der Waals surface area (Å²) >= 11 is 14.2. The zero-order chi connectivity index (χ0) is 42.0. The molecule has 0 aromatic carbocycles. The summed E-state index contributed by atoms with van der Waals surface area (Å²) < 4.78 is 27.3. The van der Waals surface area contributed by atoms with Gasteiger partial charge < -0.3 is 34.1 Å². The Kier molecular flexibility index (Phi) is 17.5. The van der Waals surface area contributed by atoms with E-state index in [0.29, 0.717) is 25.7 Å². The van der Waals surface area contributed by atoms with Gasteiger partial charge in [-0.1, -0.05) is 27.2 Å². The second-order valence-corrected chi connectivity index (χ2v) is 18.1. The Balaban J connectivity index is 2.01. The fourth-order valence-electron chi connectivity index (χ4n) is 5.67. The van der Waals surface area contributed by atoms with Crippen LogP contribution in [0.4, 0.5) is 0 Å². The molecule has 0 aliphatic carbocycles. The molecule has 2 aromatic rings. The average molecular weight is 865 g/mol. The number of alkyl halides is 2. The lowest BCUT2D eigenvalue weighted by molar-refractivity contribution is -0.171. The van der Waals surface area contributed by atoms with Crippen LogP contribution in [-0.2, 0) is 42.9 Å². The van der Waals surface area contributed by atoms with Crippen molar-refractivity contribution in [1.29, 1.82) is 0 Å². The van der Waals surface area contributed by atoms with Crippen molar-refractivity contribution in [1.82, 2.24) is 15.3 Å². The van der Waals surface area contributed by atoms with Gasteiger partial charge in [-0.25, -0.2) is 19.6 Å². The van der Waals surface area contributed by atoms with Crippen LogP contribution in [0.25, 0.3) is 0 Å². The first-order chi connectivity index (χ1) is 26.1. The molecule has 3 rings (SSSR count). The molecule has 4 bridgehead atoms. The monoisotopic (exact) mass is 863 g/mol. The number of nitrogens with zero attached hydrogens (tertiary/aromatic N) is 2. The highest BCUT2D eigenvalue weighted by molar-refractivity contribution is 7.10. The standard InChI is InChI=1S/C37H51Cl2N3O12S2/c1-9-12-27(44)42-29(19(3)10-2)25(51-21(5)43)15-28(45)52-26-16-50-34(47)22-17-56-32(41-22)30(36(6,7)49)54-33(46)20(4)24(13-11-14-37(8,38)39)53-35(48)23-18-55-31(26)40-23/h17-20,24-26,29-30,49H,9-16H2,1-8H3,(H,42,44). The number of thiazole rings is 2. The van der Waals surface area contributed by atoms with Gasteiger partial charge in [0, 0.05) is 24.1 Å². The number of nitrogens with one attached hydrogen (secondary N) is 1. The molecule has 0 saturated carbocycles. The van der Waals surface area contributed by atoms with Crippen LogP contribution in [-0.4, -0.2) is 85.6 Å². The number of aromatic nitrogens is 2. The molecule has 1 amide bonds. The molecule has 0 spiro atoms. The number of amides is 1. The molecule has 2 N–H and O–H groups in total. The van der Waals surface area contributed by atoms with Crippen LogP contribution in [0.15, 0.2) is 10.8 Å². The summed E-state index contributed by atoms with van der Waals surface area (Å²) in [7, 11) is 0. The highest BCUT2D eigenvalue weighted by atomic mass is 35.5. The molecule has 1 aliphatic rings. The Hall–Kier alpha value is -3.38. The Morgan fingerprint density at radius 2 is 1.66 bits per heavy atom. The SMILES string of the molecule is CCCC(=O)NC(C(C)CC)C(CC(=O)OC1COC(=O)c2csc(n2)C(C(C)(C)O)OC(=O)C(C)C(CCCC(C)(Cl)Cl)OC(=O)c2csc1n2)OC(C)=O. The smallest absolute Gasteiger partial charge is 0.358 e. The van der Waals surface area contributed by atoms with E-state index in [4.69, 9.17) is 46.9 Å². The molecule has 7 unspecified atom stereocenters. The maximum Gasteiger partial charge on any atom is 0.358 e. The van der Waals surface area contributed by atoms with E-state index in [2.05, 4.69) is 15.3 Å². The summed E-state index contributed by atoms with van der Waals surface area (Å²) in [5.41, 5.74) is -2.01. The Bertz CT molecular complexity index is 1690. The van der Waals surface area contributed by atoms with Crippen molar-refractivity contribution in [2.75, 3.05) is 6.61 Å². The normalized spacial score (nSPS) is 21.4. The summed E-state index contributed by atoms with van der Waals surface area (Å²) in [6.07, 6.45) is -3.07. The lowest BCUT2D eigenvalue weighted by Crippen LogP contribution is -2.49. The van der Waals surface area contributed by atoms with E-state index in [9.17, 15) is 33.9 Å². The molecule has 0 saturated heterocycles. The predicted molar refractivity (Wildman–Crippen MR) is 207 cm³/mol. The zero-order valence-corrected chi connectivity index (χ0v) is 35.9. The summed E-state index contributed by atoms with van der Waals surface area (Å²) in [6, 6.07) is -0.726. The van der Waals surface area contributed by atoms with Crippen LogP contribution in [0, 0.1) is 11.8 Å². The number of carbonyl (C=O) groups excluding carboxylic acids is 6. The minimum absolute atomic E-state index is 0.0614. The van der Waals surface area contributed by atoms with Crippen LogP contribution in [0.5, 0.6) is 0 Å². The number of carbonyl (C=O) groups is 6. The van der Waals surface area contributed by atoms with E-state index < -0.39 is 89.2 Å². The molecular weight excluding hydrogens is 813 g/mol. The van der Waals surface area contributed by atoms with Gasteiger partial charge in [0.15, 0.2) is 23.6 Å². The molecule has 15 nitrogen and oxygen atoms in total. The Morgan fingerprint density at radius 3 is 2.25 bits per heavy atom. The Morgan fingerprint density at radius 1 is 1.04 bits per heavy atom. The van der Waals surface area contributed by atoms with Crippen molar-refractivity contribution in [2.24, 2.45) is 11.8 Å². The minimum Gasteiger partial charge on any atom is -0.460 e. The second-order valence-electron chi connectivity index (χ2n) is 14.5. The molecule has 0 fully saturated rings. The van der Waals surface area contributed by atoms with E-state index in [1.165, 1.54) is 38.5 Å². The summed E-state index contributed by atoms with van der Waals surface area (Å²) in [5.74, 6) is -5.71. The van der Waals surface area contributed by atoms with Crippen molar-refractivity contribution in [3.63, 3.8) is 0 Å². The highest BCUT2D eigenvalue weighted by Crippen LogP contribution is 2.35. The highest BCUT2D eigenvalue weighted by Gasteiger charge is 2.40. The van der Waals surface area contributed by atoms with Gasteiger partial charge in [-0.05, 0) is 59.3 Å². The van der Waals surface area contributed by atoms with Crippen LogP contribution >= 0.6 is 45.9 Å². The number of hydrogen-bond acceptors (Lipinski definition) is 16. The predicted octanol–water partition coefficient (Wildman–Crippen LogP) is 6.59. The van der Waals surface area contributed by atoms with Gasteiger partial charge in [-0.3, -0.25) is 19.2 Å². The van der Waals surface area contributed by atoms with Gasteiger partial charge in [-0.2, -0.15) is 0 Å². The molecule has 2 aromatic heterocycles. The van der Waals surface area contributed by atoms with Gasteiger partial charge in [0.05, 0.1) is 18.4 Å². The van der Waals surface area contributed by atoms with Crippen LogP contribution in [0.1, 0.15) is 144 Å². The van der Waals surface area contributed by atoms with Gasteiger partial charge in [0.25, 0.3) is 0 Å². The lowest BCUT2D eigenvalue weighted by atomic mass is 9.92. The van der Waals surface area contributed by atoms with Crippen molar-refractivity contribution < 1.29 is 57.6 Å². The number of aliphatic hydroxyl groups is 1. The topological polar surface area (TPSA) is 207 Å². The molecule has 0 radical (unpaired) electrons. The molecule has 312 valence electrons. The lowest BCUT2D eigenvalue weighted by Gasteiger charge is -2.31. The third-order valence-corrected chi connectivity index (χ3v) is 11.1. The summed E-state index contributed by atoms with van der Waals surface area (Å²) in [4.78, 5) is 87.4. The third-order valence-electron chi connectivity index (χ3n) is 8.92. The van der Waals surface area contributed by atoms with E-state index in [1.54, 1.807) is 6.92 Å². The fraction of sp³-hybridized carbons (Fsp3) is 0.676. The number of hydrogen-bond donors (Lipinski definition) is 2. The van der Waals surface area contributed by atoms with Gasteiger partial charge in [-0.15, -0.1) is 45.9 Å². The maximum atomic E-state index is 13.6. The number of ether oxygens (including phenoxy) is 5. The van der Waals surface area contributed by atoms with Crippen molar-refractivity contribution >= 4 is 81.6 Å². The van der Waals surface area contributed by atoms with E-state index in [0.717, 1.165) is 22.7 Å². The molecule has 3 heterocycles. The van der Waals surface area contributed by atoms with E-state index >= 15 is 0 Å². The van der Waals surface area contributed by atoms with Crippen molar-refractivity contribution in [3.05, 3.63) is 32.2 Å². The molecule has 7 atom stereocenters. The first-order valence-corrected chi connectivity index (χ1v) is 20.9. The van der Waals surface area contributed by atoms with E-state index in [1.807, 2.05) is 20.8 Å². The van der Waals surface area contributed by atoms with E-state index in [-0.39, 0.29) is 46.1 Å². The summed E-state index contributed by atoms with van der Waals surface area (Å²) in [6.45, 7) is 12.1. The molecule has 19 heteroatoms. The van der Waals surface area contributed by atoms with Gasteiger partial charge in [0.2, 0.25) is 5.91 Å². The van der Waals surface area contributed by atoms with Crippen molar-refractivity contribution in [2.45, 2.75) is 141 Å². The third kappa shape index (κ3) is 14.2. The van der Waals surface area contributed by atoms with Crippen LogP contribution < -0.4 is 5.32 Å². The van der Waals surface area contributed by atoms with Crippen molar-refractivity contribution in [3.8, 4) is 0 Å². The number of halogens is 2. The van der Waals surface area contributed by atoms with Gasteiger partial charge in [0.1, 0.15) is 38.8 Å². The number of cyclic esters (lactones) is 3. The summed E-state index contributed by atoms with van der Waals surface area (Å²) in [5, 5.41) is 16.8. The molecule has 1 aliphatic heterocycles. The molecular formula is C37H51Cl2N3O12S2. The first kappa shape index (κ1) is 47.0. The molecule has 56 heavy (non-hydrogen) atoms. The second kappa shape index (κ2) is 20.9. The quantitative estimate of drug-likeness (QED) is 0.110. The zero-order valence-electron chi connectivity index (χ0n) is 32.8. The number of esters is 5. The maximum absolute atomic E-state index is 13.6. The average Bonchev–Trinajstić information content (AvgIpc) is 3.79. The Labute approximate surface area is 344 Å².